The molecule has 0 fully saturated rings. The molecule has 0 amide bonds. The van der Waals surface area contributed by atoms with Crippen LogP contribution in [0.4, 0.5) is 0 Å². The lowest BCUT2D eigenvalue weighted by Crippen LogP contribution is -1.96. The quantitative estimate of drug-likeness (QED) is 0.835. The maximum atomic E-state index is 9.19. The van der Waals surface area contributed by atoms with Gasteiger partial charge in [-0.05, 0) is 17.7 Å². The van der Waals surface area contributed by atoms with Crippen molar-refractivity contribution in [3.63, 3.8) is 0 Å². The van der Waals surface area contributed by atoms with Gasteiger partial charge in [0.1, 0.15) is 11.6 Å². The van der Waals surface area contributed by atoms with Crippen LogP contribution in [0, 0.1) is 0 Å². The summed E-state index contributed by atoms with van der Waals surface area (Å²) in [7, 11) is 0. The third kappa shape index (κ3) is 2.19. The predicted octanol–water partition coefficient (Wildman–Crippen LogP) is 2.97. The van der Waals surface area contributed by atoms with Crippen molar-refractivity contribution in [1.82, 2.24) is 9.97 Å². The Morgan fingerprint density at radius 2 is 1.50 bits per heavy atom. The molecule has 0 aliphatic rings. The highest BCUT2D eigenvalue weighted by molar-refractivity contribution is 5.62. The number of hydrogen-bond donors (Lipinski definition) is 1. The average molecular weight is 214 g/mol. The minimum Gasteiger partial charge on any atom is -0.508 e. The molecular weight excluding hydrogens is 200 g/mol. The number of aromatic nitrogens is 2. The summed E-state index contributed by atoms with van der Waals surface area (Å²) in [6.07, 6.45) is 3.63. The Balaban J connectivity index is 2.31. The van der Waals surface area contributed by atoms with E-state index in [0.29, 0.717) is 5.92 Å². The maximum absolute atomic E-state index is 9.19. The molecule has 1 aromatic carbocycles. The van der Waals surface area contributed by atoms with Gasteiger partial charge in [-0.1, -0.05) is 26.0 Å². The standard InChI is InChI=1S/C13H14N2O/c1-9(2)13-14-7-11(8-15-13)10-3-5-12(16)6-4-10/h3-9,16H,1-2H3. The zero-order valence-electron chi connectivity index (χ0n) is 9.38. The molecule has 0 unspecified atom stereocenters. The van der Waals surface area contributed by atoms with Gasteiger partial charge in [0.25, 0.3) is 0 Å². The van der Waals surface area contributed by atoms with Crippen molar-refractivity contribution in [3.8, 4) is 16.9 Å². The first-order valence-corrected chi connectivity index (χ1v) is 5.28. The third-order valence-electron chi connectivity index (χ3n) is 2.39. The Kier molecular flexibility index (Phi) is 2.86. The molecule has 3 heteroatoms. The Labute approximate surface area is 94.8 Å². The predicted molar refractivity (Wildman–Crippen MR) is 63.2 cm³/mol. The number of phenolic OH excluding ortho intramolecular Hbond substituents is 1. The Morgan fingerprint density at radius 1 is 0.938 bits per heavy atom. The van der Waals surface area contributed by atoms with Gasteiger partial charge in [-0.25, -0.2) is 9.97 Å². The Morgan fingerprint density at radius 3 is 2.00 bits per heavy atom. The van der Waals surface area contributed by atoms with Crippen LogP contribution in [0.1, 0.15) is 25.6 Å². The molecule has 3 nitrogen and oxygen atoms in total. The minimum absolute atomic E-state index is 0.267. The van der Waals surface area contributed by atoms with E-state index in [1.54, 1.807) is 12.1 Å². The second-order valence-electron chi connectivity index (χ2n) is 4.03. The van der Waals surface area contributed by atoms with Gasteiger partial charge < -0.3 is 5.11 Å². The van der Waals surface area contributed by atoms with Gasteiger partial charge in [0, 0.05) is 23.9 Å². The lowest BCUT2D eigenvalue weighted by Gasteiger charge is -2.05. The monoisotopic (exact) mass is 214 g/mol. The fourth-order valence-corrected chi connectivity index (χ4v) is 1.44. The SMILES string of the molecule is CC(C)c1ncc(-c2ccc(O)cc2)cn1. The second-order valence-corrected chi connectivity index (χ2v) is 4.03. The smallest absolute Gasteiger partial charge is 0.130 e. The Bertz CT molecular complexity index is 460. The van der Waals surface area contributed by atoms with E-state index in [-0.39, 0.29) is 5.75 Å². The number of hydrogen-bond acceptors (Lipinski definition) is 3. The normalized spacial score (nSPS) is 10.7. The van der Waals surface area contributed by atoms with Crippen LogP contribution in [0.5, 0.6) is 5.75 Å². The highest BCUT2D eigenvalue weighted by Crippen LogP contribution is 2.21. The molecule has 0 bridgehead atoms. The van der Waals surface area contributed by atoms with Gasteiger partial charge in [0.15, 0.2) is 0 Å². The fourth-order valence-electron chi connectivity index (χ4n) is 1.44. The number of rotatable bonds is 2. The molecule has 1 N–H and O–H groups in total. The van der Waals surface area contributed by atoms with Gasteiger partial charge in [0.05, 0.1) is 0 Å². The van der Waals surface area contributed by atoms with E-state index in [1.165, 1.54) is 0 Å². The van der Waals surface area contributed by atoms with Crippen LogP contribution in [0.2, 0.25) is 0 Å². The molecule has 2 rings (SSSR count). The van der Waals surface area contributed by atoms with Crippen molar-refractivity contribution in [3.05, 3.63) is 42.5 Å². The molecule has 0 saturated carbocycles. The van der Waals surface area contributed by atoms with E-state index in [2.05, 4.69) is 23.8 Å². The molecule has 2 aromatic rings. The van der Waals surface area contributed by atoms with Crippen LogP contribution >= 0.6 is 0 Å². The molecule has 0 saturated heterocycles. The zero-order valence-corrected chi connectivity index (χ0v) is 9.38. The lowest BCUT2D eigenvalue weighted by atomic mass is 10.1. The minimum atomic E-state index is 0.267. The van der Waals surface area contributed by atoms with E-state index < -0.39 is 0 Å². The number of phenols is 1. The summed E-state index contributed by atoms with van der Waals surface area (Å²) in [6, 6.07) is 7.02. The van der Waals surface area contributed by atoms with Crippen LogP contribution in [0.3, 0.4) is 0 Å². The van der Waals surface area contributed by atoms with Crippen LogP contribution < -0.4 is 0 Å². The summed E-state index contributed by atoms with van der Waals surface area (Å²) in [5.74, 6) is 1.46. The van der Waals surface area contributed by atoms with Gasteiger partial charge in [-0.3, -0.25) is 0 Å². The van der Waals surface area contributed by atoms with E-state index in [9.17, 15) is 5.11 Å². The highest BCUT2D eigenvalue weighted by Gasteiger charge is 2.03. The van der Waals surface area contributed by atoms with Gasteiger partial charge in [0.2, 0.25) is 0 Å². The summed E-state index contributed by atoms with van der Waals surface area (Å²) in [4.78, 5) is 8.61. The first-order valence-electron chi connectivity index (χ1n) is 5.28. The molecule has 0 aliphatic carbocycles. The lowest BCUT2D eigenvalue weighted by molar-refractivity contribution is 0.475. The first kappa shape index (κ1) is 10.6. The van der Waals surface area contributed by atoms with Crippen molar-refractivity contribution in [2.45, 2.75) is 19.8 Å². The number of benzene rings is 1. The molecular formula is C13H14N2O. The maximum Gasteiger partial charge on any atom is 0.130 e. The van der Waals surface area contributed by atoms with Crippen molar-refractivity contribution in [2.75, 3.05) is 0 Å². The third-order valence-corrected chi connectivity index (χ3v) is 2.39. The van der Waals surface area contributed by atoms with Gasteiger partial charge >= 0.3 is 0 Å². The van der Waals surface area contributed by atoms with Crippen molar-refractivity contribution in [1.29, 1.82) is 0 Å². The Hall–Kier alpha value is -1.90. The van der Waals surface area contributed by atoms with Gasteiger partial charge in [-0.2, -0.15) is 0 Å². The van der Waals surface area contributed by atoms with Crippen LogP contribution in [0.15, 0.2) is 36.7 Å². The van der Waals surface area contributed by atoms with Crippen LogP contribution in [-0.4, -0.2) is 15.1 Å². The molecule has 0 aliphatic heterocycles. The molecule has 0 radical (unpaired) electrons. The van der Waals surface area contributed by atoms with E-state index >= 15 is 0 Å². The summed E-state index contributed by atoms with van der Waals surface area (Å²) in [5.41, 5.74) is 1.97. The second kappa shape index (κ2) is 4.31. The van der Waals surface area contributed by atoms with Crippen molar-refractivity contribution in [2.24, 2.45) is 0 Å². The van der Waals surface area contributed by atoms with E-state index in [0.717, 1.165) is 17.0 Å². The van der Waals surface area contributed by atoms with Crippen LogP contribution in [-0.2, 0) is 0 Å². The molecule has 0 spiro atoms. The molecule has 1 heterocycles. The molecule has 82 valence electrons. The summed E-state index contributed by atoms with van der Waals surface area (Å²) >= 11 is 0. The molecule has 1 aromatic heterocycles. The van der Waals surface area contributed by atoms with Crippen molar-refractivity contribution < 1.29 is 5.11 Å². The van der Waals surface area contributed by atoms with Crippen LogP contribution in [0.25, 0.3) is 11.1 Å². The van der Waals surface area contributed by atoms with E-state index in [4.69, 9.17) is 0 Å². The summed E-state index contributed by atoms with van der Waals surface area (Å²) in [5, 5.41) is 9.19. The average Bonchev–Trinajstić information content (AvgIpc) is 2.30. The van der Waals surface area contributed by atoms with Crippen molar-refractivity contribution >= 4 is 0 Å². The summed E-state index contributed by atoms with van der Waals surface area (Å²) < 4.78 is 0. The first-order chi connectivity index (χ1) is 7.66. The largest absolute Gasteiger partial charge is 0.508 e. The molecule has 16 heavy (non-hydrogen) atoms. The number of nitrogens with zero attached hydrogens (tertiary/aromatic N) is 2. The number of aromatic hydroxyl groups is 1. The molecule has 0 atom stereocenters. The van der Waals surface area contributed by atoms with Gasteiger partial charge in [-0.15, -0.1) is 0 Å². The highest BCUT2D eigenvalue weighted by atomic mass is 16.3. The summed E-state index contributed by atoms with van der Waals surface area (Å²) in [6.45, 7) is 4.13. The van der Waals surface area contributed by atoms with E-state index in [1.807, 2.05) is 24.5 Å². The zero-order chi connectivity index (χ0) is 11.5. The fraction of sp³-hybridized carbons (Fsp3) is 0.231. The topological polar surface area (TPSA) is 46.0 Å².